The summed E-state index contributed by atoms with van der Waals surface area (Å²) < 4.78 is 18.7. The van der Waals surface area contributed by atoms with Crippen LogP contribution in [-0.2, 0) is 16.0 Å². The van der Waals surface area contributed by atoms with Crippen molar-refractivity contribution in [2.24, 2.45) is 0 Å². The molecule has 2 N–H and O–H groups in total. The van der Waals surface area contributed by atoms with E-state index in [1.54, 1.807) is 6.07 Å². The van der Waals surface area contributed by atoms with Crippen LogP contribution in [0.3, 0.4) is 0 Å². The van der Waals surface area contributed by atoms with Crippen LogP contribution in [0.2, 0.25) is 0 Å². The van der Waals surface area contributed by atoms with E-state index in [0.29, 0.717) is 6.42 Å². The number of ether oxygens (including phenoxy) is 1. The quantitative estimate of drug-likeness (QED) is 0.792. The van der Waals surface area contributed by atoms with Gasteiger partial charge in [-0.05, 0) is 38.0 Å². The molecule has 0 aromatic heterocycles. The first-order valence-electron chi connectivity index (χ1n) is 8.01. The van der Waals surface area contributed by atoms with Crippen LogP contribution in [0, 0.1) is 12.7 Å². The first-order chi connectivity index (χ1) is 12.0. The Morgan fingerprint density at radius 2 is 1.76 bits per heavy atom. The van der Waals surface area contributed by atoms with Crippen molar-refractivity contribution < 1.29 is 18.7 Å². The predicted octanol–water partition coefficient (Wildman–Crippen LogP) is 2.68. The number of aryl methyl sites for hydroxylation is 2. The van der Waals surface area contributed by atoms with Crippen molar-refractivity contribution in [1.82, 2.24) is 10.9 Å². The summed E-state index contributed by atoms with van der Waals surface area (Å²) in [5, 5.41) is 0. The average Bonchev–Trinajstić information content (AvgIpc) is 2.61. The van der Waals surface area contributed by atoms with Crippen molar-refractivity contribution in [2.75, 3.05) is 0 Å². The van der Waals surface area contributed by atoms with E-state index in [-0.39, 0.29) is 18.1 Å². The maximum atomic E-state index is 13.5. The number of amides is 2. The molecular weight excluding hydrogens is 323 g/mol. The average molecular weight is 344 g/mol. The van der Waals surface area contributed by atoms with E-state index in [9.17, 15) is 14.0 Å². The highest BCUT2D eigenvalue weighted by Crippen LogP contribution is 2.16. The second-order valence-corrected chi connectivity index (χ2v) is 5.71. The smallest absolute Gasteiger partial charge is 0.279 e. The van der Waals surface area contributed by atoms with Crippen molar-refractivity contribution >= 4 is 11.8 Å². The van der Waals surface area contributed by atoms with Crippen LogP contribution in [0.5, 0.6) is 5.75 Å². The van der Waals surface area contributed by atoms with Crippen LogP contribution in [0.15, 0.2) is 48.5 Å². The van der Waals surface area contributed by atoms with Gasteiger partial charge in [-0.15, -0.1) is 0 Å². The van der Waals surface area contributed by atoms with Gasteiger partial charge in [-0.1, -0.05) is 42.0 Å². The number of halogens is 1. The van der Waals surface area contributed by atoms with Crippen LogP contribution in [-0.4, -0.2) is 17.9 Å². The number of para-hydroxylation sites is 1. The molecule has 1 unspecified atom stereocenters. The molecule has 2 aromatic carbocycles. The van der Waals surface area contributed by atoms with Gasteiger partial charge in [0.25, 0.3) is 5.91 Å². The largest absolute Gasteiger partial charge is 0.478 e. The molecule has 0 heterocycles. The van der Waals surface area contributed by atoms with E-state index in [1.807, 2.05) is 31.2 Å². The van der Waals surface area contributed by atoms with Crippen molar-refractivity contribution in [2.45, 2.75) is 32.8 Å². The number of benzene rings is 2. The maximum absolute atomic E-state index is 13.5. The Kier molecular flexibility index (Phi) is 6.51. The molecule has 0 saturated carbocycles. The summed E-state index contributed by atoms with van der Waals surface area (Å²) in [5.74, 6) is -1.45. The van der Waals surface area contributed by atoms with E-state index < -0.39 is 17.8 Å². The third-order valence-electron chi connectivity index (χ3n) is 3.60. The monoisotopic (exact) mass is 344 g/mol. The molecule has 0 fully saturated rings. The van der Waals surface area contributed by atoms with Gasteiger partial charge in [-0.3, -0.25) is 20.4 Å². The number of hydrogen-bond acceptors (Lipinski definition) is 3. The lowest BCUT2D eigenvalue weighted by Crippen LogP contribution is -2.47. The molecule has 0 aliphatic rings. The molecule has 6 heteroatoms. The topological polar surface area (TPSA) is 67.4 Å². The summed E-state index contributed by atoms with van der Waals surface area (Å²) in [6.07, 6.45) is -0.135. The maximum Gasteiger partial charge on any atom is 0.279 e. The summed E-state index contributed by atoms with van der Waals surface area (Å²) in [4.78, 5) is 23.7. The molecule has 2 aromatic rings. The molecule has 2 rings (SSSR count). The molecule has 1 atom stereocenters. The molecule has 5 nitrogen and oxygen atoms in total. The standard InChI is InChI=1S/C19H21FN2O3/c1-13-7-9-15(10-8-13)11-12-18(23)21-22-19(24)14(2)25-17-6-4-3-5-16(17)20/h3-10,14H,11-12H2,1-2H3,(H,21,23)(H,22,24). The fourth-order valence-electron chi connectivity index (χ4n) is 2.09. The Bertz CT molecular complexity index is 732. The molecule has 0 saturated heterocycles. The summed E-state index contributed by atoms with van der Waals surface area (Å²) in [5.41, 5.74) is 6.82. The van der Waals surface area contributed by atoms with Gasteiger partial charge in [0, 0.05) is 6.42 Å². The van der Waals surface area contributed by atoms with E-state index in [2.05, 4.69) is 10.9 Å². The van der Waals surface area contributed by atoms with Crippen molar-refractivity contribution in [1.29, 1.82) is 0 Å². The Labute approximate surface area is 146 Å². The minimum atomic E-state index is -0.950. The zero-order chi connectivity index (χ0) is 18.2. The molecule has 25 heavy (non-hydrogen) atoms. The van der Waals surface area contributed by atoms with Gasteiger partial charge >= 0.3 is 0 Å². The summed E-state index contributed by atoms with van der Waals surface area (Å²) in [6, 6.07) is 13.7. The summed E-state index contributed by atoms with van der Waals surface area (Å²) >= 11 is 0. The number of hydrogen-bond donors (Lipinski definition) is 2. The zero-order valence-corrected chi connectivity index (χ0v) is 14.2. The predicted molar refractivity (Wildman–Crippen MR) is 92.3 cm³/mol. The second kappa shape index (κ2) is 8.82. The van der Waals surface area contributed by atoms with E-state index in [1.165, 1.54) is 25.1 Å². The first kappa shape index (κ1) is 18.4. The van der Waals surface area contributed by atoms with Crippen molar-refractivity contribution in [3.63, 3.8) is 0 Å². The number of carbonyl (C=O) groups excluding carboxylic acids is 2. The first-order valence-corrected chi connectivity index (χ1v) is 8.01. The Hall–Kier alpha value is -2.89. The minimum Gasteiger partial charge on any atom is -0.478 e. The Morgan fingerprint density at radius 1 is 1.08 bits per heavy atom. The lowest BCUT2D eigenvalue weighted by atomic mass is 10.1. The highest BCUT2D eigenvalue weighted by molar-refractivity contribution is 5.84. The Balaban J connectivity index is 1.74. The molecule has 0 radical (unpaired) electrons. The fourth-order valence-corrected chi connectivity index (χ4v) is 2.09. The SMILES string of the molecule is Cc1ccc(CCC(=O)NNC(=O)C(C)Oc2ccccc2F)cc1. The number of carbonyl (C=O) groups is 2. The van der Waals surface area contributed by atoms with E-state index in [0.717, 1.165) is 11.1 Å². The number of hydrazine groups is 1. The third kappa shape index (κ3) is 5.91. The molecule has 0 aliphatic carbocycles. The van der Waals surface area contributed by atoms with Crippen LogP contribution in [0.25, 0.3) is 0 Å². The highest BCUT2D eigenvalue weighted by atomic mass is 19.1. The number of nitrogens with one attached hydrogen (secondary N) is 2. The zero-order valence-electron chi connectivity index (χ0n) is 14.2. The van der Waals surface area contributed by atoms with Crippen LogP contribution in [0.4, 0.5) is 4.39 Å². The molecule has 2 amide bonds. The van der Waals surface area contributed by atoms with E-state index in [4.69, 9.17) is 4.74 Å². The molecular formula is C19H21FN2O3. The third-order valence-corrected chi connectivity index (χ3v) is 3.60. The molecule has 0 aliphatic heterocycles. The van der Waals surface area contributed by atoms with Gasteiger partial charge < -0.3 is 4.74 Å². The normalized spacial score (nSPS) is 11.5. The lowest BCUT2D eigenvalue weighted by Gasteiger charge is -2.15. The lowest BCUT2D eigenvalue weighted by molar-refractivity contribution is -0.132. The van der Waals surface area contributed by atoms with Gasteiger partial charge in [0.05, 0.1) is 0 Å². The second-order valence-electron chi connectivity index (χ2n) is 5.71. The minimum absolute atomic E-state index is 0.0177. The van der Waals surface area contributed by atoms with Gasteiger partial charge in [0.15, 0.2) is 17.7 Å². The number of rotatable bonds is 6. The van der Waals surface area contributed by atoms with Crippen LogP contribution < -0.4 is 15.6 Å². The summed E-state index contributed by atoms with van der Waals surface area (Å²) in [7, 11) is 0. The van der Waals surface area contributed by atoms with Crippen LogP contribution in [0.1, 0.15) is 24.5 Å². The van der Waals surface area contributed by atoms with Crippen LogP contribution >= 0.6 is 0 Å². The molecule has 0 bridgehead atoms. The van der Waals surface area contributed by atoms with Gasteiger partial charge in [0.1, 0.15) is 0 Å². The van der Waals surface area contributed by atoms with Gasteiger partial charge in [-0.2, -0.15) is 0 Å². The molecule has 132 valence electrons. The van der Waals surface area contributed by atoms with Crippen molar-refractivity contribution in [3.05, 3.63) is 65.5 Å². The fraction of sp³-hybridized carbons (Fsp3) is 0.263. The van der Waals surface area contributed by atoms with Gasteiger partial charge in [0.2, 0.25) is 5.91 Å². The Morgan fingerprint density at radius 3 is 2.44 bits per heavy atom. The van der Waals surface area contributed by atoms with Gasteiger partial charge in [-0.25, -0.2) is 4.39 Å². The summed E-state index contributed by atoms with van der Waals surface area (Å²) in [6.45, 7) is 3.47. The van der Waals surface area contributed by atoms with E-state index >= 15 is 0 Å². The molecule has 0 spiro atoms. The van der Waals surface area contributed by atoms with Crippen molar-refractivity contribution in [3.8, 4) is 5.75 Å². The highest BCUT2D eigenvalue weighted by Gasteiger charge is 2.16.